The number of rotatable bonds is 8. The van der Waals surface area contributed by atoms with Crippen molar-refractivity contribution in [1.82, 2.24) is 4.90 Å². The lowest BCUT2D eigenvalue weighted by Crippen LogP contribution is -2.49. The quantitative estimate of drug-likeness (QED) is 0.196. The molecule has 7 rings (SSSR count). The highest BCUT2D eigenvalue weighted by atomic mass is 16.5. The Hall–Kier alpha value is -5.43. The molecule has 218 valence electrons. The average molecular weight is 583 g/mol. The smallest absolute Gasteiger partial charge is 0.238 e. The molecule has 1 amide bonds. The molecule has 4 atom stereocenters. The molecule has 44 heavy (non-hydrogen) atoms. The second kappa shape index (κ2) is 10.7. The van der Waals surface area contributed by atoms with Gasteiger partial charge in [-0.15, -0.1) is 0 Å². The van der Waals surface area contributed by atoms with Crippen LogP contribution in [0.5, 0.6) is 11.5 Å². The molecule has 3 heterocycles. The number of amides is 1. The molecule has 0 aliphatic carbocycles. The van der Waals surface area contributed by atoms with Crippen molar-refractivity contribution in [3.63, 3.8) is 0 Å². The number of Topliss-reactive ketones (excluding diaryl/α,β-unsaturated/α-hetero) is 2. The van der Waals surface area contributed by atoms with Crippen LogP contribution in [0.3, 0.4) is 0 Å². The maximum absolute atomic E-state index is 15.1. The van der Waals surface area contributed by atoms with Crippen LogP contribution in [-0.4, -0.2) is 42.1 Å². The Labute approximate surface area is 255 Å². The van der Waals surface area contributed by atoms with Crippen molar-refractivity contribution in [1.29, 1.82) is 0 Å². The number of hydrogen-bond acceptors (Lipinski definition) is 6. The number of nitrogens with one attached hydrogen (secondary N) is 1. The Morgan fingerprint density at radius 2 is 1.66 bits per heavy atom. The zero-order valence-electron chi connectivity index (χ0n) is 24.1. The van der Waals surface area contributed by atoms with E-state index in [9.17, 15) is 9.59 Å². The molecule has 0 aromatic heterocycles. The van der Waals surface area contributed by atoms with E-state index < -0.39 is 23.4 Å². The molecular weight excluding hydrogens is 552 g/mol. The summed E-state index contributed by atoms with van der Waals surface area (Å²) in [5.74, 6) is -1.04. The monoisotopic (exact) mass is 582 g/mol. The minimum absolute atomic E-state index is 0.197. The zero-order chi connectivity index (χ0) is 30.4. The highest BCUT2D eigenvalue weighted by Crippen LogP contribution is 2.62. The molecule has 1 fully saturated rings. The predicted octanol–water partition coefficient (Wildman–Crippen LogP) is 6.24. The number of para-hydroxylation sites is 2. The molecule has 0 radical (unpaired) electrons. The lowest BCUT2D eigenvalue weighted by atomic mass is 9.62. The number of benzene rings is 4. The summed E-state index contributed by atoms with van der Waals surface area (Å²) >= 11 is 0. The van der Waals surface area contributed by atoms with E-state index in [1.807, 2.05) is 65.7 Å². The van der Waals surface area contributed by atoms with E-state index in [4.69, 9.17) is 9.47 Å². The Morgan fingerprint density at radius 3 is 2.45 bits per heavy atom. The maximum Gasteiger partial charge on any atom is 0.238 e. The Balaban J connectivity index is 1.51. The molecule has 1 N–H and O–H groups in total. The minimum Gasteiger partial charge on any atom is -0.497 e. The van der Waals surface area contributed by atoms with Crippen molar-refractivity contribution in [2.45, 2.75) is 17.5 Å². The molecule has 0 saturated carbocycles. The standard InChI is InChI=1S/C37H30N2O5/c1-3-22-44-30-15-9-6-12-27(30)34(41)31-32(33(40)24-16-18-25(43-2)19-17-24)39-21-20-23-10-4-5-11-26(23)35(39)37(31)28-13-7-8-14-29(28)38-36(37)42/h3-21,31-32,35H,1,22H2,2H3,(H,38,42)/t31-,32+,35-,37+/m1/s1. The van der Waals surface area contributed by atoms with E-state index in [0.717, 1.165) is 11.1 Å². The number of carbonyl (C=O) groups is 3. The van der Waals surface area contributed by atoms with E-state index in [1.165, 1.54) is 0 Å². The third kappa shape index (κ3) is 3.93. The van der Waals surface area contributed by atoms with Crippen molar-refractivity contribution < 1.29 is 23.9 Å². The highest BCUT2D eigenvalue weighted by Gasteiger charge is 2.70. The van der Waals surface area contributed by atoms with Gasteiger partial charge in [0, 0.05) is 17.5 Å². The molecule has 4 aromatic carbocycles. The molecule has 7 heteroatoms. The molecule has 0 unspecified atom stereocenters. The van der Waals surface area contributed by atoms with E-state index in [1.54, 1.807) is 61.7 Å². The largest absolute Gasteiger partial charge is 0.497 e. The van der Waals surface area contributed by atoms with Gasteiger partial charge in [0.25, 0.3) is 0 Å². The number of hydrogen-bond donors (Lipinski definition) is 1. The van der Waals surface area contributed by atoms with Gasteiger partial charge in [-0.1, -0.05) is 67.3 Å². The van der Waals surface area contributed by atoms with Gasteiger partial charge in [0.2, 0.25) is 5.91 Å². The van der Waals surface area contributed by atoms with Gasteiger partial charge in [-0.3, -0.25) is 14.4 Å². The summed E-state index contributed by atoms with van der Waals surface area (Å²) in [5.41, 5.74) is 2.44. The normalized spacial score (nSPS) is 22.5. The number of fused-ring (bicyclic) bond motifs is 6. The van der Waals surface area contributed by atoms with Gasteiger partial charge in [0.15, 0.2) is 11.6 Å². The summed E-state index contributed by atoms with van der Waals surface area (Å²) in [6.07, 6.45) is 5.42. The van der Waals surface area contributed by atoms with E-state index >= 15 is 4.79 Å². The Morgan fingerprint density at radius 1 is 0.932 bits per heavy atom. The van der Waals surface area contributed by atoms with Gasteiger partial charge in [-0.2, -0.15) is 0 Å². The highest BCUT2D eigenvalue weighted by molar-refractivity contribution is 6.17. The number of methoxy groups -OCH3 is 1. The summed E-state index contributed by atoms with van der Waals surface area (Å²) in [4.78, 5) is 46.4. The fourth-order valence-corrected chi connectivity index (χ4v) is 7.21. The molecule has 1 spiro atoms. The van der Waals surface area contributed by atoms with E-state index in [2.05, 4.69) is 11.9 Å². The summed E-state index contributed by atoms with van der Waals surface area (Å²) in [5, 5.41) is 3.08. The van der Waals surface area contributed by atoms with Crippen molar-refractivity contribution in [2.24, 2.45) is 5.92 Å². The maximum atomic E-state index is 15.1. The molecule has 0 bridgehead atoms. The molecule has 3 aliphatic rings. The van der Waals surface area contributed by atoms with Crippen LogP contribution >= 0.6 is 0 Å². The molecular formula is C37H30N2O5. The van der Waals surface area contributed by atoms with Crippen LogP contribution in [0, 0.1) is 5.92 Å². The first-order valence-corrected chi connectivity index (χ1v) is 14.5. The van der Waals surface area contributed by atoms with Crippen LogP contribution in [0.2, 0.25) is 0 Å². The topological polar surface area (TPSA) is 84.9 Å². The second-order valence-electron chi connectivity index (χ2n) is 11.1. The van der Waals surface area contributed by atoms with Crippen LogP contribution in [0.1, 0.15) is 43.4 Å². The number of nitrogens with zero attached hydrogens (tertiary/aromatic N) is 1. The van der Waals surface area contributed by atoms with Crippen LogP contribution in [0.25, 0.3) is 6.08 Å². The lowest BCUT2D eigenvalue weighted by molar-refractivity contribution is -0.122. The minimum atomic E-state index is -1.42. The first-order valence-electron chi connectivity index (χ1n) is 14.5. The lowest BCUT2D eigenvalue weighted by Gasteiger charge is -2.38. The third-order valence-corrected chi connectivity index (χ3v) is 9.01. The van der Waals surface area contributed by atoms with Crippen molar-refractivity contribution in [2.75, 3.05) is 19.0 Å². The first-order chi connectivity index (χ1) is 21.5. The zero-order valence-corrected chi connectivity index (χ0v) is 24.1. The number of ketones is 2. The molecule has 3 aliphatic heterocycles. The summed E-state index contributed by atoms with van der Waals surface area (Å²) < 4.78 is 11.3. The van der Waals surface area contributed by atoms with Gasteiger partial charge < -0.3 is 19.7 Å². The van der Waals surface area contributed by atoms with E-state index in [0.29, 0.717) is 33.9 Å². The Bertz CT molecular complexity index is 1840. The SMILES string of the molecule is C=CCOc1ccccc1C(=O)[C@H]1[C@@H](C(=O)c2ccc(OC)cc2)N2C=Cc3ccccc3[C@@H]2[C@@]12C(=O)Nc1ccccc12. The number of anilines is 1. The van der Waals surface area contributed by atoms with Crippen molar-refractivity contribution in [3.05, 3.63) is 144 Å². The van der Waals surface area contributed by atoms with Crippen molar-refractivity contribution >= 4 is 29.2 Å². The molecule has 7 nitrogen and oxygen atoms in total. The van der Waals surface area contributed by atoms with Gasteiger partial charge in [-0.05, 0) is 65.2 Å². The van der Waals surface area contributed by atoms with Crippen LogP contribution in [-0.2, 0) is 10.2 Å². The van der Waals surface area contributed by atoms with Gasteiger partial charge in [0.1, 0.15) is 29.6 Å². The average Bonchev–Trinajstić information content (AvgIpc) is 3.55. The number of ether oxygens (including phenoxy) is 2. The van der Waals surface area contributed by atoms with E-state index in [-0.39, 0.29) is 24.1 Å². The van der Waals surface area contributed by atoms with Crippen molar-refractivity contribution in [3.8, 4) is 11.5 Å². The first kappa shape index (κ1) is 27.4. The third-order valence-electron chi connectivity index (χ3n) is 9.01. The fraction of sp³-hybridized carbons (Fsp3) is 0.162. The predicted molar refractivity (Wildman–Crippen MR) is 168 cm³/mol. The van der Waals surface area contributed by atoms with Crippen LogP contribution in [0.4, 0.5) is 5.69 Å². The molecule has 1 saturated heterocycles. The van der Waals surface area contributed by atoms with Gasteiger partial charge in [-0.25, -0.2) is 0 Å². The Kier molecular flexibility index (Phi) is 6.66. The molecule has 4 aromatic rings. The van der Waals surface area contributed by atoms with Crippen LogP contribution in [0.15, 0.2) is 116 Å². The summed E-state index contributed by atoms with van der Waals surface area (Å²) in [6, 6.07) is 27.5. The van der Waals surface area contributed by atoms with Gasteiger partial charge >= 0.3 is 0 Å². The fourth-order valence-electron chi connectivity index (χ4n) is 7.21. The summed E-state index contributed by atoms with van der Waals surface area (Å²) in [6.45, 7) is 3.94. The summed E-state index contributed by atoms with van der Waals surface area (Å²) in [7, 11) is 1.56. The van der Waals surface area contributed by atoms with Crippen LogP contribution < -0.4 is 14.8 Å². The number of carbonyl (C=O) groups excluding carboxylic acids is 3. The second-order valence-corrected chi connectivity index (χ2v) is 11.1. The van der Waals surface area contributed by atoms with Gasteiger partial charge in [0.05, 0.1) is 24.6 Å².